The molecule has 0 amide bonds. The molecule has 1 aromatic rings. The highest BCUT2D eigenvalue weighted by molar-refractivity contribution is 5.67. The molecule has 1 N–H and O–H groups in total. The zero-order valence-corrected chi connectivity index (χ0v) is 12.0. The van der Waals surface area contributed by atoms with Crippen molar-refractivity contribution in [3.63, 3.8) is 0 Å². The number of benzene rings is 1. The monoisotopic (exact) mass is 260 g/mol. The third-order valence-electron chi connectivity index (χ3n) is 4.42. The molecule has 0 radical (unpaired) electrons. The fraction of sp³-hybridized carbons (Fsp3) is 0.588. The Labute approximate surface area is 115 Å². The number of aryl methyl sites for hydroxylation is 1. The third-order valence-corrected chi connectivity index (χ3v) is 4.42. The molecule has 0 saturated heterocycles. The van der Waals surface area contributed by atoms with Gasteiger partial charge in [0.05, 0.1) is 0 Å². The van der Waals surface area contributed by atoms with E-state index >= 15 is 0 Å². The normalized spacial score (nSPS) is 19.3. The molecule has 1 fully saturated rings. The average Bonchev–Trinajstić information content (AvgIpc) is 2.37. The Balaban J connectivity index is 1.93. The van der Waals surface area contributed by atoms with E-state index in [1.807, 2.05) is 0 Å². The SMILES string of the molecule is CC1(C)CCC(c2ccc(CCC(=O)O)cc2)CC1. The van der Waals surface area contributed by atoms with Crippen molar-refractivity contribution >= 4 is 5.97 Å². The van der Waals surface area contributed by atoms with Gasteiger partial charge in [0, 0.05) is 6.42 Å². The Morgan fingerprint density at radius 2 is 1.79 bits per heavy atom. The minimum atomic E-state index is -0.724. The van der Waals surface area contributed by atoms with Crippen LogP contribution in [0.2, 0.25) is 0 Å². The smallest absolute Gasteiger partial charge is 0.303 e. The summed E-state index contributed by atoms with van der Waals surface area (Å²) in [7, 11) is 0. The van der Waals surface area contributed by atoms with E-state index in [9.17, 15) is 4.79 Å². The van der Waals surface area contributed by atoms with Crippen LogP contribution in [0.25, 0.3) is 0 Å². The third kappa shape index (κ3) is 4.09. The molecular formula is C17H24O2. The van der Waals surface area contributed by atoms with Crippen LogP contribution in [0.15, 0.2) is 24.3 Å². The molecule has 1 aliphatic carbocycles. The molecule has 0 heterocycles. The Morgan fingerprint density at radius 3 is 2.32 bits per heavy atom. The quantitative estimate of drug-likeness (QED) is 0.871. The van der Waals surface area contributed by atoms with Crippen molar-refractivity contribution in [2.75, 3.05) is 0 Å². The fourth-order valence-electron chi connectivity index (χ4n) is 2.94. The lowest BCUT2D eigenvalue weighted by molar-refractivity contribution is -0.136. The molecular weight excluding hydrogens is 236 g/mol. The Kier molecular flexibility index (Phi) is 4.28. The molecule has 19 heavy (non-hydrogen) atoms. The van der Waals surface area contributed by atoms with E-state index in [1.165, 1.54) is 31.2 Å². The van der Waals surface area contributed by atoms with Gasteiger partial charge in [0.15, 0.2) is 0 Å². The van der Waals surface area contributed by atoms with Gasteiger partial charge in [-0.05, 0) is 54.6 Å². The molecule has 0 atom stereocenters. The molecule has 1 saturated carbocycles. The largest absolute Gasteiger partial charge is 0.481 e. The summed E-state index contributed by atoms with van der Waals surface area (Å²) >= 11 is 0. The lowest BCUT2D eigenvalue weighted by Gasteiger charge is -2.34. The molecule has 0 aromatic heterocycles. The van der Waals surface area contributed by atoms with Crippen molar-refractivity contribution in [3.05, 3.63) is 35.4 Å². The number of carboxylic acid groups (broad SMARTS) is 1. The van der Waals surface area contributed by atoms with Gasteiger partial charge in [0.2, 0.25) is 0 Å². The van der Waals surface area contributed by atoms with Crippen molar-refractivity contribution in [1.29, 1.82) is 0 Å². The zero-order valence-electron chi connectivity index (χ0n) is 12.0. The lowest BCUT2D eigenvalue weighted by atomic mass is 9.71. The van der Waals surface area contributed by atoms with Crippen LogP contribution in [0.4, 0.5) is 0 Å². The summed E-state index contributed by atoms with van der Waals surface area (Å²) < 4.78 is 0. The Morgan fingerprint density at radius 1 is 1.21 bits per heavy atom. The summed E-state index contributed by atoms with van der Waals surface area (Å²) in [5, 5.41) is 8.68. The van der Waals surface area contributed by atoms with Crippen LogP contribution in [-0.2, 0) is 11.2 Å². The van der Waals surface area contributed by atoms with E-state index in [-0.39, 0.29) is 6.42 Å². The predicted molar refractivity (Wildman–Crippen MR) is 77.4 cm³/mol. The van der Waals surface area contributed by atoms with Gasteiger partial charge in [0.1, 0.15) is 0 Å². The maximum absolute atomic E-state index is 10.5. The van der Waals surface area contributed by atoms with Crippen molar-refractivity contribution in [1.82, 2.24) is 0 Å². The highest BCUT2D eigenvalue weighted by atomic mass is 16.4. The second kappa shape index (κ2) is 5.77. The summed E-state index contributed by atoms with van der Waals surface area (Å²) in [5.74, 6) is -0.0277. The highest BCUT2D eigenvalue weighted by Gasteiger charge is 2.27. The summed E-state index contributed by atoms with van der Waals surface area (Å²) in [6.07, 6.45) is 6.02. The zero-order chi connectivity index (χ0) is 13.9. The first-order chi connectivity index (χ1) is 8.96. The van der Waals surface area contributed by atoms with E-state index in [1.54, 1.807) is 0 Å². The van der Waals surface area contributed by atoms with Crippen molar-refractivity contribution in [2.45, 2.75) is 58.3 Å². The van der Waals surface area contributed by atoms with Gasteiger partial charge in [-0.2, -0.15) is 0 Å². The first-order valence-electron chi connectivity index (χ1n) is 7.27. The second-order valence-corrected chi connectivity index (χ2v) is 6.57. The molecule has 0 unspecified atom stereocenters. The molecule has 0 spiro atoms. The number of hydrogen-bond donors (Lipinski definition) is 1. The van der Waals surface area contributed by atoms with Gasteiger partial charge in [-0.15, -0.1) is 0 Å². The van der Waals surface area contributed by atoms with E-state index in [4.69, 9.17) is 5.11 Å². The van der Waals surface area contributed by atoms with E-state index in [0.29, 0.717) is 17.8 Å². The van der Waals surface area contributed by atoms with E-state index in [2.05, 4.69) is 38.1 Å². The van der Waals surface area contributed by atoms with Gasteiger partial charge in [0.25, 0.3) is 0 Å². The van der Waals surface area contributed by atoms with Crippen LogP contribution in [0.3, 0.4) is 0 Å². The molecule has 2 rings (SSSR count). The first-order valence-corrected chi connectivity index (χ1v) is 7.27. The summed E-state index contributed by atoms with van der Waals surface area (Å²) in [6, 6.07) is 8.58. The Bertz CT molecular complexity index is 421. The van der Waals surface area contributed by atoms with Crippen molar-refractivity contribution in [2.24, 2.45) is 5.41 Å². The number of carboxylic acids is 1. The summed E-state index contributed by atoms with van der Waals surface area (Å²) in [6.45, 7) is 4.72. The maximum Gasteiger partial charge on any atom is 0.303 e. The molecule has 1 aliphatic rings. The Hall–Kier alpha value is -1.31. The van der Waals surface area contributed by atoms with Crippen LogP contribution < -0.4 is 0 Å². The molecule has 104 valence electrons. The van der Waals surface area contributed by atoms with Gasteiger partial charge in [-0.3, -0.25) is 4.79 Å². The predicted octanol–water partition coefficient (Wildman–Crippen LogP) is 4.39. The van der Waals surface area contributed by atoms with E-state index < -0.39 is 5.97 Å². The van der Waals surface area contributed by atoms with Crippen LogP contribution in [0.5, 0.6) is 0 Å². The fourth-order valence-corrected chi connectivity index (χ4v) is 2.94. The number of rotatable bonds is 4. The van der Waals surface area contributed by atoms with Gasteiger partial charge < -0.3 is 5.11 Å². The minimum absolute atomic E-state index is 0.219. The number of aliphatic carboxylic acids is 1. The van der Waals surface area contributed by atoms with Gasteiger partial charge in [-0.25, -0.2) is 0 Å². The van der Waals surface area contributed by atoms with Gasteiger partial charge >= 0.3 is 5.97 Å². The molecule has 0 bridgehead atoms. The number of hydrogen-bond acceptors (Lipinski definition) is 1. The van der Waals surface area contributed by atoms with Crippen LogP contribution in [0, 0.1) is 5.41 Å². The average molecular weight is 260 g/mol. The van der Waals surface area contributed by atoms with Crippen LogP contribution >= 0.6 is 0 Å². The summed E-state index contributed by atoms with van der Waals surface area (Å²) in [5.41, 5.74) is 3.06. The molecule has 2 nitrogen and oxygen atoms in total. The molecule has 1 aromatic carbocycles. The topological polar surface area (TPSA) is 37.3 Å². The van der Waals surface area contributed by atoms with Crippen molar-refractivity contribution < 1.29 is 9.90 Å². The highest BCUT2D eigenvalue weighted by Crippen LogP contribution is 2.42. The standard InChI is InChI=1S/C17H24O2/c1-17(2)11-9-15(10-12-17)14-6-3-13(4-7-14)5-8-16(18)19/h3-4,6-7,15H,5,8-12H2,1-2H3,(H,18,19). The van der Waals surface area contributed by atoms with Gasteiger partial charge in [-0.1, -0.05) is 38.1 Å². The minimum Gasteiger partial charge on any atom is -0.481 e. The van der Waals surface area contributed by atoms with Crippen LogP contribution in [-0.4, -0.2) is 11.1 Å². The molecule has 0 aliphatic heterocycles. The summed E-state index contributed by atoms with van der Waals surface area (Å²) in [4.78, 5) is 10.5. The lowest BCUT2D eigenvalue weighted by Crippen LogP contribution is -2.20. The molecule has 2 heteroatoms. The van der Waals surface area contributed by atoms with Crippen LogP contribution in [0.1, 0.15) is 63.0 Å². The van der Waals surface area contributed by atoms with Crippen molar-refractivity contribution in [3.8, 4) is 0 Å². The maximum atomic E-state index is 10.5. The van der Waals surface area contributed by atoms with E-state index in [0.717, 1.165) is 5.56 Å². The second-order valence-electron chi connectivity index (χ2n) is 6.57. The number of carbonyl (C=O) groups is 1. The first kappa shape index (κ1) is 14.1.